The van der Waals surface area contributed by atoms with Crippen LogP contribution >= 0.6 is 12.4 Å². The van der Waals surface area contributed by atoms with Gasteiger partial charge in [-0.15, -0.1) is 12.4 Å². The van der Waals surface area contributed by atoms with Gasteiger partial charge in [0.1, 0.15) is 17.2 Å². The van der Waals surface area contributed by atoms with Gasteiger partial charge in [-0.05, 0) is 143 Å². The van der Waals surface area contributed by atoms with Gasteiger partial charge < -0.3 is 37.9 Å². The molecule has 4 aliphatic rings. The summed E-state index contributed by atoms with van der Waals surface area (Å²) in [5.74, 6) is 3.23. The monoisotopic (exact) mass is 1080 g/mol. The molecule has 14 nitrogen and oxygen atoms in total. The first-order chi connectivity index (χ1) is 38.3. The summed E-state index contributed by atoms with van der Waals surface area (Å²) < 4.78 is 10.0. The van der Waals surface area contributed by atoms with E-state index in [1.807, 2.05) is 118 Å². The molecule has 0 atom stereocenters. The summed E-state index contributed by atoms with van der Waals surface area (Å²) in [4.78, 5) is 32.7. The number of aromatic nitrogens is 6. The van der Waals surface area contributed by atoms with E-state index < -0.39 is 17.2 Å². The number of nitrogen functional groups attached to an aromatic ring is 2. The number of para-hydroxylation sites is 2. The van der Waals surface area contributed by atoms with E-state index in [9.17, 15) is 4.79 Å². The van der Waals surface area contributed by atoms with Gasteiger partial charge in [-0.25, -0.2) is 24.7 Å². The molecule has 2 aliphatic heterocycles. The van der Waals surface area contributed by atoms with E-state index >= 15 is 0 Å². The van der Waals surface area contributed by atoms with E-state index in [0.29, 0.717) is 5.69 Å². The normalized spacial score (nSPS) is 14.7. The zero-order valence-electron chi connectivity index (χ0n) is 44.7. The van der Waals surface area contributed by atoms with Crippen molar-refractivity contribution in [2.75, 3.05) is 22.1 Å². The molecule has 2 fully saturated rings. The van der Waals surface area contributed by atoms with E-state index in [4.69, 9.17) is 36.9 Å². The van der Waals surface area contributed by atoms with Gasteiger partial charge in [0.25, 0.3) is 0 Å². The Hall–Kier alpha value is -9.24. The minimum absolute atomic E-state index is 0. The number of amides is 1. The van der Waals surface area contributed by atoms with Gasteiger partial charge in [0, 0.05) is 62.7 Å². The van der Waals surface area contributed by atoms with Crippen molar-refractivity contribution in [3.63, 3.8) is 0 Å². The van der Waals surface area contributed by atoms with Crippen LogP contribution in [0.4, 0.5) is 39.2 Å². The molecule has 10 aromatic rings. The van der Waals surface area contributed by atoms with Gasteiger partial charge in [0.05, 0.1) is 51.1 Å². The molecule has 80 heavy (non-hydrogen) atoms. The first-order valence-corrected chi connectivity index (χ1v) is 26.9. The summed E-state index contributed by atoms with van der Waals surface area (Å²) in [5.41, 5.74) is 34.7. The third kappa shape index (κ3) is 9.25. The topological polar surface area (TPSA) is 202 Å². The number of nitrogens with one attached hydrogen (secondary N) is 3. The van der Waals surface area contributed by atoms with Crippen molar-refractivity contribution in [2.45, 2.75) is 76.0 Å². The number of anilines is 6. The molecule has 14 rings (SSSR count). The van der Waals surface area contributed by atoms with Gasteiger partial charge in [-0.2, -0.15) is 0 Å². The molecule has 4 aromatic heterocycles. The number of alkyl carbamates (subject to hydrolysis) is 1. The van der Waals surface area contributed by atoms with Crippen molar-refractivity contribution >= 4 is 52.9 Å². The summed E-state index contributed by atoms with van der Waals surface area (Å²) in [6.45, 7) is 5.64. The summed E-state index contributed by atoms with van der Waals surface area (Å²) in [6, 6.07) is 57.4. The van der Waals surface area contributed by atoms with Crippen molar-refractivity contribution < 1.29 is 9.53 Å². The maximum atomic E-state index is 12.8. The van der Waals surface area contributed by atoms with Crippen molar-refractivity contribution in [1.29, 1.82) is 0 Å². The molecular weight excluding hydrogens is 1020 g/mol. The quantitative estimate of drug-likeness (QED) is 0.0829. The molecule has 9 N–H and O–H groups in total. The molecule has 6 aromatic carbocycles. The van der Waals surface area contributed by atoms with Crippen molar-refractivity contribution in [3.8, 4) is 79.2 Å². The number of carbonyl (C=O) groups is 1. The van der Waals surface area contributed by atoms with Gasteiger partial charge in [-0.1, -0.05) is 97.1 Å². The molecule has 1 amide bonds. The number of carbonyl (C=O) groups excluding carboxylic acids is 1. The summed E-state index contributed by atoms with van der Waals surface area (Å²) in [5, 5.41) is 10.2. The number of nitrogens with zero attached hydrogens (tertiary/aromatic N) is 6. The van der Waals surface area contributed by atoms with Crippen molar-refractivity contribution in [1.82, 2.24) is 34.4 Å². The van der Waals surface area contributed by atoms with Crippen LogP contribution in [0.1, 0.15) is 70.4 Å². The van der Waals surface area contributed by atoms with Crippen LogP contribution in [0.25, 0.3) is 79.2 Å². The van der Waals surface area contributed by atoms with E-state index in [-0.39, 0.29) is 17.9 Å². The fourth-order valence-corrected chi connectivity index (χ4v) is 11.3. The lowest BCUT2D eigenvalue weighted by molar-refractivity contribution is 0.0377. The number of imidazole rings is 2. The average molecular weight is 1080 g/mol. The van der Waals surface area contributed by atoms with Gasteiger partial charge in [0.15, 0.2) is 11.6 Å². The Labute approximate surface area is 470 Å². The van der Waals surface area contributed by atoms with Crippen molar-refractivity contribution in [3.05, 3.63) is 193 Å². The maximum Gasteiger partial charge on any atom is 0.408 e. The number of fused-ring (bicyclic) bond motifs is 10. The van der Waals surface area contributed by atoms with E-state index in [2.05, 4.69) is 109 Å². The molecule has 0 unspecified atom stereocenters. The number of halogens is 1. The van der Waals surface area contributed by atoms with Crippen LogP contribution in [0, 0.1) is 0 Å². The second-order valence-corrected chi connectivity index (χ2v) is 22.0. The number of pyridine rings is 2. The predicted octanol–water partition coefficient (Wildman–Crippen LogP) is 14.5. The highest BCUT2D eigenvalue weighted by atomic mass is 35.5. The number of hydrogen-bond donors (Lipinski definition) is 6. The van der Waals surface area contributed by atoms with Crippen LogP contribution in [-0.2, 0) is 15.8 Å². The highest BCUT2D eigenvalue weighted by molar-refractivity contribution is 5.93. The molecule has 0 spiro atoms. The van der Waals surface area contributed by atoms with Gasteiger partial charge in [-0.3, -0.25) is 9.13 Å². The highest BCUT2D eigenvalue weighted by Gasteiger charge is 2.42. The van der Waals surface area contributed by atoms with Crippen molar-refractivity contribution in [2.24, 2.45) is 5.73 Å². The van der Waals surface area contributed by atoms with Crippen LogP contribution < -0.4 is 33.2 Å². The van der Waals surface area contributed by atoms with Crippen LogP contribution in [-0.4, -0.2) is 40.8 Å². The minimum Gasteiger partial charge on any atom is -0.444 e. The molecule has 2 aliphatic carbocycles. The smallest absolute Gasteiger partial charge is 0.408 e. The first-order valence-electron chi connectivity index (χ1n) is 26.9. The third-order valence-electron chi connectivity index (χ3n) is 15.7. The average Bonchev–Trinajstić information content (AvgIpc) is 4.17. The summed E-state index contributed by atoms with van der Waals surface area (Å²) in [6.07, 6.45) is 9.25. The Kier molecular flexibility index (Phi) is 13.0. The first kappa shape index (κ1) is 51.5. The Morgan fingerprint density at radius 1 is 0.550 bits per heavy atom. The Balaban J connectivity index is 0.000000160. The molecular formula is C65H61ClN12O2. The summed E-state index contributed by atoms with van der Waals surface area (Å²) in [7, 11) is 0. The SMILES string of the molecule is CC(C)(C)OC(=O)NC1(c2ccc(-c3c(-c4ccc(N)cc4)nc4n3-c3cccnc3Nc3ccccc3-4)cc2)CCC1.Cl.Nc1ccc(-c2nc3n(c2-c2ccc(C4(N)CCC4)cc2)-c2cccnc2Nc2ccccc2-3)cc1. The van der Waals surface area contributed by atoms with Crippen LogP contribution in [0.3, 0.4) is 0 Å². The van der Waals surface area contributed by atoms with Crippen LogP contribution in [0.15, 0.2) is 182 Å². The maximum absolute atomic E-state index is 12.8. The lowest BCUT2D eigenvalue weighted by Gasteiger charge is -2.43. The largest absolute Gasteiger partial charge is 0.444 e. The number of hydrogen-bond acceptors (Lipinski definition) is 11. The standard InChI is InChI=1S/C35H34N6O2.C30H26N6.ClH/c1-34(2,3)43-33(42)40-35(19-7-20-35)24-15-11-23(12-16-24)30-29(22-13-17-25(36)18-14-22)39-32-26-8-4-5-9-27(26)38-31-28(41(30)32)10-6-21-37-31;31-22-14-10-19(11-15-22)26-27(20-8-12-21(13-9-20)30(32)16-4-17-30)36-25-7-3-18-33-28(25)34-24-6-2-1-5-23(24)29(36)35-26;/h4-6,8-18,21H,7,19-20,36H2,1-3H3,(H,37,38)(H,40,42);1-3,5-15,18H,4,16-17,31-32H2,(H,33,34);1H. The number of benzene rings is 6. The Bertz CT molecular complexity index is 3950. The molecule has 15 heteroatoms. The van der Waals surface area contributed by atoms with Crippen LogP contribution in [0.5, 0.6) is 0 Å². The molecule has 0 saturated heterocycles. The van der Waals surface area contributed by atoms with E-state index in [1.54, 1.807) is 6.20 Å². The number of ether oxygens (including phenoxy) is 1. The second-order valence-electron chi connectivity index (χ2n) is 22.0. The zero-order valence-corrected chi connectivity index (χ0v) is 45.5. The van der Waals surface area contributed by atoms with Gasteiger partial charge >= 0.3 is 6.09 Å². The third-order valence-corrected chi connectivity index (χ3v) is 15.7. The summed E-state index contributed by atoms with van der Waals surface area (Å²) >= 11 is 0. The van der Waals surface area contributed by atoms with Gasteiger partial charge in [0.2, 0.25) is 0 Å². The molecule has 400 valence electrons. The number of rotatable bonds is 7. The highest BCUT2D eigenvalue weighted by Crippen LogP contribution is 2.48. The minimum atomic E-state index is -0.560. The number of nitrogens with two attached hydrogens (primary N) is 3. The zero-order chi connectivity index (χ0) is 54.0. The molecule has 0 radical (unpaired) electrons. The molecule has 0 bridgehead atoms. The Morgan fingerprint density at radius 2 is 0.975 bits per heavy atom. The predicted molar refractivity (Wildman–Crippen MR) is 323 cm³/mol. The fourth-order valence-electron chi connectivity index (χ4n) is 11.3. The second kappa shape index (κ2) is 20.2. The molecule has 2 saturated carbocycles. The molecule has 6 heterocycles. The lowest BCUT2D eigenvalue weighted by atomic mass is 9.71. The van der Waals surface area contributed by atoms with E-state index in [0.717, 1.165) is 146 Å². The lowest BCUT2D eigenvalue weighted by Crippen LogP contribution is -2.52. The van der Waals surface area contributed by atoms with E-state index in [1.165, 1.54) is 12.0 Å². The Morgan fingerprint density at radius 3 is 1.39 bits per heavy atom. The fraction of sp³-hybridized carbons (Fsp3) is 0.185. The van der Waals surface area contributed by atoms with Crippen LogP contribution in [0.2, 0.25) is 0 Å².